The maximum Gasteiger partial charge on any atom is 0.234 e. The van der Waals surface area contributed by atoms with Crippen LogP contribution >= 0.6 is 35.0 Å². The minimum atomic E-state index is -0.180. The molecule has 0 aliphatic carbocycles. The van der Waals surface area contributed by atoms with Crippen molar-refractivity contribution in [1.82, 2.24) is 14.8 Å². The third-order valence-corrected chi connectivity index (χ3v) is 4.41. The maximum absolute atomic E-state index is 12.1. The number of hydrogen-bond donors (Lipinski definition) is 1. The van der Waals surface area contributed by atoms with Crippen LogP contribution < -0.4 is 5.32 Å². The third-order valence-electron chi connectivity index (χ3n) is 3.03. The number of rotatable bonds is 5. The fraction of sp³-hybridized carbons (Fsp3) is 0.0625. The second-order valence-electron chi connectivity index (χ2n) is 4.81. The van der Waals surface area contributed by atoms with Crippen LogP contribution in [0.15, 0.2) is 60.0 Å². The van der Waals surface area contributed by atoms with Gasteiger partial charge in [-0.1, -0.05) is 53.2 Å². The molecule has 3 rings (SSSR count). The topological polar surface area (TPSA) is 59.8 Å². The van der Waals surface area contributed by atoms with Gasteiger partial charge in [0.15, 0.2) is 5.16 Å². The van der Waals surface area contributed by atoms with E-state index in [1.807, 2.05) is 34.9 Å². The van der Waals surface area contributed by atoms with E-state index in [1.54, 1.807) is 24.5 Å². The van der Waals surface area contributed by atoms with Gasteiger partial charge >= 0.3 is 0 Å². The first kappa shape index (κ1) is 16.8. The molecule has 0 aliphatic rings. The molecule has 0 radical (unpaired) electrons. The van der Waals surface area contributed by atoms with Crippen LogP contribution in [0.1, 0.15) is 0 Å². The van der Waals surface area contributed by atoms with Crippen molar-refractivity contribution in [3.63, 3.8) is 0 Å². The highest BCUT2D eigenvalue weighted by atomic mass is 35.5. The summed E-state index contributed by atoms with van der Waals surface area (Å²) in [4.78, 5) is 12.1. The Morgan fingerprint density at radius 2 is 1.83 bits per heavy atom. The lowest BCUT2D eigenvalue weighted by Gasteiger charge is -2.07. The fourth-order valence-corrected chi connectivity index (χ4v) is 3.30. The quantitative estimate of drug-likeness (QED) is 0.672. The zero-order valence-corrected chi connectivity index (χ0v) is 14.6. The molecule has 5 nitrogen and oxygen atoms in total. The molecular weight excluding hydrogens is 367 g/mol. The highest BCUT2D eigenvalue weighted by Crippen LogP contribution is 2.23. The summed E-state index contributed by atoms with van der Waals surface area (Å²) in [7, 11) is 0. The van der Waals surface area contributed by atoms with Crippen LogP contribution in [0.2, 0.25) is 10.0 Å². The summed E-state index contributed by atoms with van der Waals surface area (Å²) in [6, 6.07) is 14.6. The van der Waals surface area contributed by atoms with Gasteiger partial charge < -0.3 is 5.32 Å². The predicted octanol–water partition coefficient (Wildman–Crippen LogP) is 4.30. The zero-order chi connectivity index (χ0) is 16.9. The molecule has 2 aromatic carbocycles. The zero-order valence-electron chi connectivity index (χ0n) is 12.3. The van der Waals surface area contributed by atoms with Gasteiger partial charge in [0.2, 0.25) is 5.91 Å². The van der Waals surface area contributed by atoms with Crippen molar-refractivity contribution in [2.45, 2.75) is 5.16 Å². The minimum Gasteiger partial charge on any atom is -0.325 e. The van der Waals surface area contributed by atoms with Gasteiger partial charge in [-0.15, -0.1) is 10.2 Å². The highest BCUT2D eigenvalue weighted by molar-refractivity contribution is 7.99. The number of carbonyl (C=O) groups excluding carboxylic acids is 1. The molecule has 1 heterocycles. The van der Waals surface area contributed by atoms with Gasteiger partial charge in [-0.2, -0.15) is 0 Å². The number of nitrogens with one attached hydrogen (secondary N) is 1. The van der Waals surface area contributed by atoms with Crippen LogP contribution in [0.4, 0.5) is 5.69 Å². The van der Waals surface area contributed by atoms with E-state index in [2.05, 4.69) is 15.5 Å². The summed E-state index contributed by atoms with van der Waals surface area (Å²) in [5, 5.41) is 12.3. The van der Waals surface area contributed by atoms with Crippen molar-refractivity contribution >= 4 is 46.6 Å². The van der Waals surface area contributed by atoms with Gasteiger partial charge in [0.1, 0.15) is 6.33 Å². The molecule has 0 bridgehead atoms. The second kappa shape index (κ2) is 7.70. The predicted molar refractivity (Wildman–Crippen MR) is 97.2 cm³/mol. The normalized spacial score (nSPS) is 10.6. The van der Waals surface area contributed by atoms with E-state index in [1.165, 1.54) is 11.8 Å². The van der Waals surface area contributed by atoms with Crippen LogP contribution in [-0.4, -0.2) is 26.4 Å². The second-order valence-corrected chi connectivity index (χ2v) is 6.63. The first-order valence-electron chi connectivity index (χ1n) is 6.96. The number of halogens is 2. The molecular formula is C16H12Cl2N4OS. The molecule has 1 N–H and O–H groups in total. The number of aromatic nitrogens is 3. The van der Waals surface area contributed by atoms with E-state index in [0.717, 1.165) is 5.69 Å². The van der Waals surface area contributed by atoms with Crippen LogP contribution in [0.25, 0.3) is 5.69 Å². The third kappa shape index (κ3) is 4.29. The van der Waals surface area contributed by atoms with E-state index < -0.39 is 0 Å². The first-order chi connectivity index (χ1) is 11.6. The maximum atomic E-state index is 12.1. The number of para-hydroxylation sites is 1. The SMILES string of the molecule is O=C(CSc1nncn1-c1ccccc1)Nc1cc(Cl)cc(Cl)c1. The van der Waals surface area contributed by atoms with E-state index >= 15 is 0 Å². The molecule has 3 aromatic rings. The molecule has 0 fully saturated rings. The summed E-state index contributed by atoms with van der Waals surface area (Å²) < 4.78 is 1.83. The summed E-state index contributed by atoms with van der Waals surface area (Å²) in [5.74, 6) is 0.0105. The summed E-state index contributed by atoms with van der Waals surface area (Å²) in [6.45, 7) is 0. The average molecular weight is 379 g/mol. The Bertz CT molecular complexity index is 834. The Kier molecular flexibility index (Phi) is 5.40. The molecule has 122 valence electrons. The number of nitrogens with zero attached hydrogens (tertiary/aromatic N) is 3. The Morgan fingerprint density at radius 3 is 2.54 bits per heavy atom. The summed E-state index contributed by atoms with van der Waals surface area (Å²) in [5.41, 5.74) is 1.50. The number of carbonyl (C=O) groups is 1. The molecule has 0 spiro atoms. The molecule has 0 saturated carbocycles. The van der Waals surface area contributed by atoms with Crippen LogP contribution in [0.3, 0.4) is 0 Å². The lowest BCUT2D eigenvalue weighted by molar-refractivity contribution is -0.113. The number of thioether (sulfide) groups is 1. The van der Waals surface area contributed by atoms with Crippen molar-refractivity contribution in [3.05, 3.63) is 64.9 Å². The lowest BCUT2D eigenvalue weighted by atomic mass is 10.3. The van der Waals surface area contributed by atoms with Crippen LogP contribution in [0.5, 0.6) is 0 Å². The van der Waals surface area contributed by atoms with Gasteiger partial charge in [0.05, 0.1) is 5.75 Å². The average Bonchev–Trinajstić information content (AvgIpc) is 3.01. The highest BCUT2D eigenvalue weighted by Gasteiger charge is 2.10. The molecule has 1 amide bonds. The number of benzene rings is 2. The lowest BCUT2D eigenvalue weighted by Crippen LogP contribution is -2.14. The fourth-order valence-electron chi connectivity index (χ4n) is 2.04. The van der Waals surface area contributed by atoms with Crippen molar-refractivity contribution in [3.8, 4) is 5.69 Å². The summed E-state index contributed by atoms with van der Waals surface area (Å²) in [6.07, 6.45) is 1.62. The smallest absolute Gasteiger partial charge is 0.234 e. The Morgan fingerprint density at radius 1 is 1.12 bits per heavy atom. The van der Waals surface area contributed by atoms with E-state index in [4.69, 9.17) is 23.2 Å². The van der Waals surface area contributed by atoms with E-state index in [0.29, 0.717) is 20.9 Å². The van der Waals surface area contributed by atoms with E-state index in [9.17, 15) is 4.79 Å². The molecule has 0 unspecified atom stereocenters. The first-order valence-corrected chi connectivity index (χ1v) is 8.70. The van der Waals surface area contributed by atoms with Crippen molar-refractivity contribution in [2.75, 3.05) is 11.1 Å². The van der Waals surface area contributed by atoms with E-state index in [-0.39, 0.29) is 11.7 Å². The molecule has 0 atom stereocenters. The number of anilines is 1. The van der Waals surface area contributed by atoms with Gasteiger partial charge in [-0.3, -0.25) is 9.36 Å². The van der Waals surface area contributed by atoms with Crippen molar-refractivity contribution in [2.24, 2.45) is 0 Å². The number of amides is 1. The van der Waals surface area contributed by atoms with Gasteiger partial charge in [-0.05, 0) is 30.3 Å². The minimum absolute atomic E-state index is 0.180. The standard InChI is InChI=1S/C16H12Cl2N4OS/c17-11-6-12(18)8-13(7-11)20-15(23)9-24-16-21-19-10-22(16)14-4-2-1-3-5-14/h1-8,10H,9H2,(H,20,23). The van der Waals surface area contributed by atoms with Crippen molar-refractivity contribution in [1.29, 1.82) is 0 Å². The molecule has 24 heavy (non-hydrogen) atoms. The summed E-state index contributed by atoms with van der Waals surface area (Å²) >= 11 is 13.1. The largest absolute Gasteiger partial charge is 0.325 e. The Labute approximate surface area is 153 Å². The molecule has 8 heteroatoms. The number of hydrogen-bond acceptors (Lipinski definition) is 4. The Balaban J connectivity index is 1.64. The Hall–Kier alpha value is -2.02. The van der Waals surface area contributed by atoms with Crippen LogP contribution in [0, 0.1) is 0 Å². The van der Waals surface area contributed by atoms with Crippen LogP contribution in [-0.2, 0) is 4.79 Å². The van der Waals surface area contributed by atoms with Gasteiger partial charge in [0, 0.05) is 21.4 Å². The van der Waals surface area contributed by atoms with Gasteiger partial charge in [-0.25, -0.2) is 0 Å². The monoisotopic (exact) mass is 378 g/mol. The van der Waals surface area contributed by atoms with Crippen molar-refractivity contribution < 1.29 is 4.79 Å². The molecule has 0 aliphatic heterocycles. The molecule has 0 saturated heterocycles. The molecule has 1 aromatic heterocycles. The van der Waals surface area contributed by atoms with Gasteiger partial charge in [0.25, 0.3) is 0 Å².